The fourth-order valence-electron chi connectivity index (χ4n) is 3.81. The van der Waals surface area contributed by atoms with Crippen LogP contribution in [0, 0.1) is 17.8 Å². The second kappa shape index (κ2) is 6.44. The first-order valence-electron chi connectivity index (χ1n) is 8.07. The number of hydrogen-bond acceptors (Lipinski definition) is 3. The van der Waals surface area contributed by atoms with Crippen molar-refractivity contribution in [3.8, 4) is 0 Å². The van der Waals surface area contributed by atoms with Crippen LogP contribution in [0.5, 0.6) is 0 Å². The maximum Gasteiger partial charge on any atom is 0.323 e. The lowest BCUT2D eigenvalue weighted by molar-refractivity contribution is -0.145. The molecule has 0 aliphatic heterocycles. The number of rotatable bonds is 5. The van der Waals surface area contributed by atoms with E-state index in [9.17, 15) is 9.90 Å². The Balaban J connectivity index is 1.75. The largest absolute Gasteiger partial charge is 0.480 e. The molecule has 116 valence electrons. The van der Waals surface area contributed by atoms with E-state index in [2.05, 4.69) is 13.8 Å². The number of hydrogen-bond donors (Lipinski definition) is 2. The molecule has 0 heterocycles. The quantitative estimate of drug-likeness (QED) is 0.813. The van der Waals surface area contributed by atoms with E-state index >= 15 is 0 Å². The van der Waals surface area contributed by atoms with Crippen molar-refractivity contribution < 1.29 is 14.6 Å². The maximum atomic E-state index is 11.3. The van der Waals surface area contributed by atoms with Crippen LogP contribution in [0.1, 0.15) is 58.8 Å². The van der Waals surface area contributed by atoms with E-state index in [-0.39, 0.29) is 5.92 Å². The van der Waals surface area contributed by atoms with E-state index < -0.39 is 11.5 Å². The minimum atomic E-state index is -1.02. The molecule has 4 nitrogen and oxygen atoms in total. The van der Waals surface area contributed by atoms with Crippen molar-refractivity contribution in [3.05, 3.63) is 0 Å². The second-order valence-electron chi connectivity index (χ2n) is 6.98. The van der Waals surface area contributed by atoms with Gasteiger partial charge in [-0.15, -0.1) is 0 Å². The molecule has 2 aliphatic rings. The van der Waals surface area contributed by atoms with Gasteiger partial charge in [-0.2, -0.15) is 0 Å². The van der Waals surface area contributed by atoms with Gasteiger partial charge in [0.15, 0.2) is 0 Å². The zero-order chi connectivity index (χ0) is 14.8. The molecule has 4 heteroatoms. The van der Waals surface area contributed by atoms with E-state index in [1.165, 1.54) is 6.42 Å². The number of aliphatic carboxylic acids is 1. The topological polar surface area (TPSA) is 72.5 Å². The van der Waals surface area contributed by atoms with Crippen LogP contribution in [-0.2, 0) is 9.53 Å². The number of ether oxygens (including phenoxy) is 1. The smallest absolute Gasteiger partial charge is 0.323 e. The summed E-state index contributed by atoms with van der Waals surface area (Å²) in [5.41, 5.74) is 5.03. The monoisotopic (exact) mass is 283 g/mol. The van der Waals surface area contributed by atoms with Crippen molar-refractivity contribution >= 4 is 5.97 Å². The molecule has 20 heavy (non-hydrogen) atoms. The van der Waals surface area contributed by atoms with Gasteiger partial charge in [-0.25, -0.2) is 0 Å². The molecule has 0 saturated heterocycles. The molecule has 0 aromatic carbocycles. The first kappa shape index (κ1) is 15.8. The average molecular weight is 283 g/mol. The minimum Gasteiger partial charge on any atom is -0.480 e. The molecule has 0 aromatic rings. The van der Waals surface area contributed by atoms with Gasteiger partial charge in [-0.3, -0.25) is 4.79 Å². The highest BCUT2D eigenvalue weighted by Crippen LogP contribution is 2.37. The van der Waals surface area contributed by atoms with E-state index in [0.29, 0.717) is 19.1 Å². The fourth-order valence-corrected chi connectivity index (χ4v) is 3.81. The molecular formula is C16H29NO3. The third kappa shape index (κ3) is 3.34. The molecular weight excluding hydrogens is 254 g/mol. The summed E-state index contributed by atoms with van der Waals surface area (Å²) in [6, 6.07) is 0. The van der Waals surface area contributed by atoms with Gasteiger partial charge in [0.2, 0.25) is 0 Å². The van der Waals surface area contributed by atoms with Crippen molar-refractivity contribution in [2.75, 3.05) is 6.61 Å². The molecule has 0 bridgehead atoms. The highest BCUT2D eigenvalue weighted by molar-refractivity contribution is 5.79. The fraction of sp³-hybridized carbons (Fsp3) is 0.938. The van der Waals surface area contributed by atoms with Crippen LogP contribution in [-0.4, -0.2) is 29.3 Å². The number of carbonyl (C=O) groups is 1. The highest BCUT2D eigenvalue weighted by atomic mass is 16.5. The Bertz CT molecular complexity index is 347. The van der Waals surface area contributed by atoms with Crippen LogP contribution in [0.2, 0.25) is 0 Å². The molecule has 3 N–H and O–H groups in total. The average Bonchev–Trinajstić information content (AvgIpc) is 2.77. The lowest BCUT2D eigenvalue weighted by Gasteiger charge is -2.33. The van der Waals surface area contributed by atoms with Crippen LogP contribution >= 0.6 is 0 Å². The van der Waals surface area contributed by atoms with Crippen molar-refractivity contribution in [3.63, 3.8) is 0 Å². The third-order valence-electron chi connectivity index (χ3n) is 5.64. The summed E-state index contributed by atoms with van der Waals surface area (Å²) < 4.78 is 5.99. The Hall–Kier alpha value is -0.610. The van der Waals surface area contributed by atoms with Crippen LogP contribution < -0.4 is 5.73 Å². The molecule has 2 saturated carbocycles. The van der Waals surface area contributed by atoms with Crippen LogP contribution in [0.15, 0.2) is 0 Å². The van der Waals surface area contributed by atoms with E-state index in [1.807, 2.05) is 0 Å². The summed E-state index contributed by atoms with van der Waals surface area (Å²) in [4.78, 5) is 11.3. The molecule has 2 rings (SSSR count). The first-order valence-corrected chi connectivity index (χ1v) is 8.07. The third-order valence-corrected chi connectivity index (χ3v) is 5.64. The normalized spacial score (nSPS) is 41.8. The van der Waals surface area contributed by atoms with E-state index in [1.54, 1.807) is 0 Å². The zero-order valence-electron chi connectivity index (χ0n) is 12.8. The zero-order valence-corrected chi connectivity index (χ0v) is 12.8. The summed E-state index contributed by atoms with van der Waals surface area (Å²) in [5, 5.41) is 9.29. The van der Waals surface area contributed by atoms with Gasteiger partial charge >= 0.3 is 5.97 Å². The number of carboxylic acids is 1. The molecule has 2 aliphatic carbocycles. The van der Waals surface area contributed by atoms with Crippen molar-refractivity contribution in [1.29, 1.82) is 0 Å². The molecule has 5 atom stereocenters. The van der Waals surface area contributed by atoms with Crippen molar-refractivity contribution in [1.82, 2.24) is 0 Å². The number of carboxylic acid groups (broad SMARTS) is 1. The Morgan fingerprint density at radius 1 is 1.30 bits per heavy atom. The van der Waals surface area contributed by atoms with Gasteiger partial charge < -0.3 is 15.6 Å². The lowest BCUT2D eigenvalue weighted by atomic mass is 9.80. The minimum absolute atomic E-state index is 0.0694. The Labute approximate surface area is 122 Å². The summed E-state index contributed by atoms with van der Waals surface area (Å²) in [6.07, 6.45) is 7.11. The SMILES string of the molecule is CC1CCC(OCCC2CCCC2(N)C(=O)O)CC1C. The standard InChI is InChI=1S/C16H29NO3/c1-11-5-6-14(10-12(11)2)20-9-7-13-4-3-8-16(13,17)15(18)19/h11-14H,3-10,17H2,1-2H3,(H,18,19). The number of nitrogens with two attached hydrogens (primary N) is 1. The molecule has 5 unspecified atom stereocenters. The van der Waals surface area contributed by atoms with Gasteiger partial charge in [0.1, 0.15) is 5.54 Å². The molecule has 2 fully saturated rings. The van der Waals surface area contributed by atoms with Crippen LogP contribution in [0.4, 0.5) is 0 Å². The van der Waals surface area contributed by atoms with Crippen molar-refractivity contribution in [2.45, 2.75) is 70.4 Å². The van der Waals surface area contributed by atoms with Gasteiger partial charge in [-0.05, 0) is 56.3 Å². The Morgan fingerprint density at radius 2 is 2.05 bits per heavy atom. The molecule has 0 aromatic heterocycles. The van der Waals surface area contributed by atoms with Crippen LogP contribution in [0.3, 0.4) is 0 Å². The Kier molecular flexibility index (Phi) is 5.08. The van der Waals surface area contributed by atoms with Gasteiger partial charge in [0.25, 0.3) is 0 Å². The predicted octanol–water partition coefficient (Wildman–Crippen LogP) is 2.80. The van der Waals surface area contributed by atoms with Crippen LogP contribution in [0.25, 0.3) is 0 Å². The van der Waals surface area contributed by atoms with Gasteiger partial charge in [0, 0.05) is 6.61 Å². The summed E-state index contributed by atoms with van der Waals surface area (Å²) in [5.74, 6) is 0.751. The maximum absolute atomic E-state index is 11.3. The lowest BCUT2D eigenvalue weighted by Crippen LogP contribution is -2.51. The second-order valence-corrected chi connectivity index (χ2v) is 6.98. The molecule has 0 spiro atoms. The predicted molar refractivity (Wildman–Crippen MR) is 78.4 cm³/mol. The summed E-state index contributed by atoms with van der Waals surface area (Å²) >= 11 is 0. The molecule has 0 radical (unpaired) electrons. The van der Waals surface area contributed by atoms with Crippen molar-refractivity contribution in [2.24, 2.45) is 23.5 Å². The highest BCUT2D eigenvalue weighted by Gasteiger charge is 2.45. The molecule has 0 amide bonds. The first-order chi connectivity index (χ1) is 9.43. The summed E-state index contributed by atoms with van der Waals surface area (Å²) in [7, 11) is 0. The van der Waals surface area contributed by atoms with Gasteiger partial charge in [-0.1, -0.05) is 20.3 Å². The summed E-state index contributed by atoms with van der Waals surface area (Å²) in [6.45, 7) is 5.27. The van der Waals surface area contributed by atoms with E-state index in [0.717, 1.165) is 43.9 Å². The Morgan fingerprint density at radius 3 is 2.70 bits per heavy atom. The van der Waals surface area contributed by atoms with E-state index in [4.69, 9.17) is 10.5 Å². The van der Waals surface area contributed by atoms with Gasteiger partial charge in [0.05, 0.1) is 6.10 Å².